The smallest absolute Gasteiger partial charge is 0.320 e. The van der Waals surface area contributed by atoms with E-state index in [1.807, 2.05) is 48.5 Å². The van der Waals surface area contributed by atoms with Crippen LogP contribution in [0.3, 0.4) is 0 Å². The van der Waals surface area contributed by atoms with Gasteiger partial charge < -0.3 is 10.4 Å². The maximum Gasteiger partial charge on any atom is 0.320 e. The number of urea groups is 1. The number of nitrogens with one attached hydrogen (secondary N) is 2. The molecule has 4 aromatic rings. The average Bonchev–Trinajstić information content (AvgIpc) is 3.28. The molecular weight excluding hydrogens is 440 g/mol. The number of carboxylic acid groups (broad SMARTS) is 1. The second-order valence-electron chi connectivity index (χ2n) is 8.67. The van der Waals surface area contributed by atoms with Gasteiger partial charge in [0.05, 0.1) is 23.8 Å². The highest BCUT2D eigenvalue weighted by Crippen LogP contribution is 2.30. The number of hydrogen-bond acceptors (Lipinski definition) is 3. The van der Waals surface area contributed by atoms with Crippen molar-refractivity contribution >= 4 is 17.8 Å². The first-order valence-electron chi connectivity index (χ1n) is 11.7. The van der Waals surface area contributed by atoms with Gasteiger partial charge in [-0.3, -0.25) is 10.1 Å². The fourth-order valence-corrected chi connectivity index (χ4v) is 4.56. The Kier molecular flexibility index (Phi) is 6.30. The Labute approximate surface area is 203 Å². The Bertz CT molecular complexity index is 1350. The molecule has 7 nitrogen and oxygen atoms in total. The molecule has 3 N–H and O–H groups in total. The molecule has 0 fully saturated rings. The lowest BCUT2D eigenvalue weighted by atomic mass is 9.88. The largest absolute Gasteiger partial charge is 0.481 e. The third-order valence-electron chi connectivity index (χ3n) is 6.23. The van der Waals surface area contributed by atoms with Crippen molar-refractivity contribution in [2.75, 3.05) is 5.32 Å². The van der Waals surface area contributed by atoms with E-state index in [4.69, 9.17) is 10.2 Å². The molecule has 7 heteroatoms. The van der Waals surface area contributed by atoms with E-state index in [9.17, 15) is 9.59 Å². The lowest BCUT2D eigenvalue weighted by molar-refractivity contribution is -0.136. The third kappa shape index (κ3) is 5.09. The summed E-state index contributed by atoms with van der Waals surface area (Å²) in [6.07, 6.45) is 2.90. The van der Waals surface area contributed by atoms with Crippen LogP contribution in [0.4, 0.5) is 10.6 Å². The molecule has 1 aliphatic carbocycles. The topological polar surface area (TPSA) is 96.2 Å². The van der Waals surface area contributed by atoms with E-state index in [-0.39, 0.29) is 18.5 Å². The summed E-state index contributed by atoms with van der Waals surface area (Å²) in [4.78, 5) is 24.1. The predicted octanol–water partition coefficient (Wildman–Crippen LogP) is 5.37. The molecule has 1 heterocycles. The van der Waals surface area contributed by atoms with Gasteiger partial charge in [0.1, 0.15) is 5.82 Å². The molecule has 0 radical (unpaired) electrons. The molecule has 3 aromatic carbocycles. The molecule has 0 bridgehead atoms. The monoisotopic (exact) mass is 466 g/mol. The zero-order chi connectivity index (χ0) is 24.2. The number of carbonyl (C=O) groups excluding carboxylic acids is 1. The summed E-state index contributed by atoms with van der Waals surface area (Å²) in [5.41, 5.74) is 5.51. The van der Waals surface area contributed by atoms with Gasteiger partial charge in [-0.25, -0.2) is 9.48 Å². The number of carboxylic acids is 1. The summed E-state index contributed by atoms with van der Waals surface area (Å²) in [7, 11) is 0. The molecule has 0 saturated carbocycles. The van der Waals surface area contributed by atoms with Crippen molar-refractivity contribution < 1.29 is 14.7 Å². The number of amides is 2. The second kappa shape index (κ2) is 9.85. The van der Waals surface area contributed by atoms with Gasteiger partial charge in [0, 0.05) is 11.6 Å². The van der Waals surface area contributed by atoms with Gasteiger partial charge in [0.25, 0.3) is 0 Å². The minimum absolute atomic E-state index is 0.0415. The molecule has 1 aromatic heterocycles. The summed E-state index contributed by atoms with van der Waals surface area (Å²) in [5, 5.41) is 19.9. The lowest BCUT2D eigenvalue weighted by Gasteiger charge is -2.26. The van der Waals surface area contributed by atoms with Crippen LogP contribution >= 0.6 is 0 Å². The molecule has 35 heavy (non-hydrogen) atoms. The van der Waals surface area contributed by atoms with E-state index in [2.05, 4.69) is 22.8 Å². The van der Waals surface area contributed by atoms with Crippen LogP contribution in [0.2, 0.25) is 0 Å². The maximum absolute atomic E-state index is 13.1. The molecular formula is C28H26N4O3. The van der Waals surface area contributed by atoms with Gasteiger partial charge >= 0.3 is 12.0 Å². The van der Waals surface area contributed by atoms with Gasteiger partial charge in [-0.05, 0) is 48.1 Å². The number of carbonyl (C=O) groups is 2. The molecule has 1 atom stereocenters. The van der Waals surface area contributed by atoms with E-state index in [0.717, 1.165) is 36.2 Å². The number of nitrogens with zero attached hydrogens (tertiary/aromatic N) is 2. The fourth-order valence-electron chi connectivity index (χ4n) is 4.56. The molecule has 2 amide bonds. The quantitative estimate of drug-likeness (QED) is 0.356. The van der Waals surface area contributed by atoms with E-state index >= 15 is 0 Å². The van der Waals surface area contributed by atoms with Crippen LogP contribution in [0, 0.1) is 0 Å². The van der Waals surface area contributed by atoms with E-state index in [1.54, 1.807) is 28.9 Å². The van der Waals surface area contributed by atoms with Crippen LogP contribution in [-0.4, -0.2) is 26.9 Å². The van der Waals surface area contributed by atoms with E-state index in [1.165, 1.54) is 11.1 Å². The zero-order valence-electron chi connectivity index (χ0n) is 19.1. The third-order valence-corrected chi connectivity index (χ3v) is 6.23. The van der Waals surface area contributed by atoms with Gasteiger partial charge in [-0.2, -0.15) is 5.10 Å². The van der Waals surface area contributed by atoms with Gasteiger partial charge in [-0.15, -0.1) is 0 Å². The van der Waals surface area contributed by atoms with Gasteiger partial charge in [0.2, 0.25) is 0 Å². The number of rotatable bonds is 6. The second-order valence-corrected chi connectivity index (χ2v) is 8.67. The molecule has 0 spiro atoms. The molecule has 1 aliphatic rings. The number of aryl methyl sites for hydroxylation is 1. The van der Waals surface area contributed by atoms with Crippen molar-refractivity contribution in [2.24, 2.45) is 0 Å². The zero-order valence-corrected chi connectivity index (χ0v) is 19.1. The Hall–Kier alpha value is -4.39. The number of fused-ring (bicyclic) bond motifs is 1. The number of aromatic nitrogens is 2. The van der Waals surface area contributed by atoms with Crippen molar-refractivity contribution in [2.45, 2.75) is 31.7 Å². The fraction of sp³-hybridized carbons (Fsp3) is 0.179. The molecule has 0 unspecified atom stereocenters. The minimum Gasteiger partial charge on any atom is -0.481 e. The average molecular weight is 467 g/mol. The predicted molar refractivity (Wildman–Crippen MR) is 135 cm³/mol. The molecule has 0 saturated heterocycles. The molecule has 176 valence electrons. The van der Waals surface area contributed by atoms with Crippen molar-refractivity contribution in [1.29, 1.82) is 0 Å². The maximum atomic E-state index is 13.1. The number of benzene rings is 3. The summed E-state index contributed by atoms with van der Waals surface area (Å²) < 4.78 is 1.67. The lowest BCUT2D eigenvalue weighted by Crippen LogP contribution is -2.34. The first-order valence-corrected chi connectivity index (χ1v) is 11.7. The standard InChI is InChI=1S/C28H26N4O3/c33-27(34)17-19-13-15-22(16-14-19)32-26(18-25(31-32)21-8-2-1-3-9-21)30-28(35)29-24-12-6-10-20-7-4-5-11-23(20)24/h1-5,7-9,11,13-16,18,24H,6,10,12,17H2,(H,33,34)(H2,29,30,35)/t24-/m0/s1. The number of anilines is 1. The Morgan fingerprint density at radius 3 is 2.49 bits per heavy atom. The Morgan fingerprint density at radius 1 is 0.971 bits per heavy atom. The van der Waals surface area contributed by atoms with Crippen LogP contribution in [0.1, 0.15) is 35.6 Å². The van der Waals surface area contributed by atoms with Crippen LogP contribution in [0.15, 0.2) is 84.9 Å². The first-order chi connectivity index (χ1) is 17.1. The SMILES string of the molecule is O=C(O)Cc1ccc(-n2nc(-c3ccccc3)cc2NC(=O)N[C@H]2CCCc3ccccc32)cc1. The van der Waals surface area contributed by atoms with Crippen LogP contribution in [0.25, 0.3) is 16.9 Å². The van der Waals surface area contributed by atoms with Crippen LogP contribution in [0.5, 0.6) is 0 Å². The van der Waals surface area contributed by atoms with Crippen LogP contribution in [-0.2, 0) is 17.6 Å². The Morgan fingerprint density at radius 2 is 1.71 bits per heavy atom. The highest BCUT2D eigenvalue weighted by Gasteiger charge is 2.22. The molecule has 0 aliphatic heterocycles. The summed E-state index contributed by atoms with van der Waals surface area (Å²) in [5.74, 6) is -0.358. The highest BCUT2D eigenvalue weighted by molar-refractivity contribution is 5.90. The van der Waals surface area contributed by atoms with Gasteiger partial charge in [-0.1, -0.05) is 66.7 Å². The molecule has 5 rings (SSSR count). The number of hydrogen-bond donors (Lipinski definition) is 3. The van der Waals surface area contributed by atoms with Crippen molar-refractivity contribution in [3.8, 4) is 16.9 Å². The summed E-state index contributed by atoms with van der Waals surface area (Å²) in [6.45, 7) is 0. The minimum atomic E-state index is -0.883. The van der Waals surface area contributed by atoms with E-state index in [0.29, 0.717) is 11.4 Å². The van der Waals surface area contributed by atoms with Crippen LogP contribution < -0.4 is 10.6 Å². The summed E-state index contributed by atoms with van der Waals surface area (Å²) in [6, 6.07) is 26.6. The number of aliphatic carboxylic acids is 1. The highest BCUT2D eigenvalue weighted by atomic mass is 16.4. The summed E-state index contributed by atoms with van der Waals surface area (Å²) >= 11 is 0. The first kappa shape index (κ1) is 22.4. The normalized spacial score (nSPS) is 14.7. The van der Waals surface area contributed by atoms with Crippen molar-refractivity contribution in [3.63, 3.8) is 0 Å². The van der Waals surface area contributed by atoms with Crippen molar-refractivity contribution in [3.05, 3.63) is 102 Å². The van der Waals surface area contributed by atoms with E-state index < -0.39 is 5.97 Å². The van der Waals surface area contributed by atoms with Crippen molar-refractivity contribution in [1.82, 2.24) is 15.1 Å². The Balaban J connectivity index is 1.42. The van der Waals surface area contributed by atoms with Gasteiger partial charge in [0.15, 0.2) is 0 Å².